The third-order valence-corrected chi connectivity index (χ3v) is 6.11. The molecule has 0 radical (unpaired) electrons. The van der Waals surface area contributed by atoms with Crippen molar-refractivity contribution in [2.24, 2.45) is 0 Å². The van der Waals surface area contributed by atoms with Crippen LogP contribution in [-0.2, 0) is 6.42 Å². The van der Waals surface area contributed by atoms with E-state index < -0.39 is 0 Å². The minimum absolute atomic E-state index is 0.824. The molecule has 0 saturated heterocycles. The fourth-order valence-corrected chi connectivity index (χ4v) is 4.86. The number of halogens is 1. The third-order valence-electron chi connectivity index (χ3n) is 5.78. The molecule has 0 N–H and O–H groups in total. The number of fused-ring (bicyclic) bond motifs is 4. The fourth-order valence-electron chi connectivity index (χ4n) is 4.62. The summed E-state index contributed by atoms with van der Waals surface area (Å²) in [6.45, 7) is 2.17. The van der Waals surface area contributed by atoms with Crippen LogP contribution >= 0.6 is 11.6 Å². The summed E-state index contributed by atoms with van der Waals surface area (Å²) < 4.78 is 0. The van der Waals surface area contributed by atoms with Gasteiger partial charge in [-0.15, -0.1) is 0 Å². The Morgan fingerprint density at radius 2 is 1.73 bits per heavy atom. The highest BCUT2D eigenvalue weighted by molar-refractivity contribution is 6.33. The van der Waals surface area contributed by atoms with E-state index in [2.05, 4.69) is 55.5 Å². The van der Waals surface area contributed by atoms with Gasteiger partial charge in [-0.1, -0.05) is 71.8 Å². The predicted molar refractivity (Wildman–Crippen MR) is 113 cm³/mol. The molecule has 0 fully saturated rings. The van der Waals surface area contributed by atoms with Crippen LogP contribution in [-0.4, -0.2) is 0 Å². The molecule has 3 aromatic rings. The van der Waals surface area contributed by atoms with Crippen molar-refractivity contribution < 1.29 is 0 Å². The summed E-state index contributed by atoms with van der Waals surface area (Å²) in [4.78, 5) is 0. The summed E-state index contributed by atoms with van der Waals surface area (Å²) in [7, 11) is 0. The van der Waals surface area contributed by atoms with Crippen LogP contribution in [0, 0.1) is 6.92 Å². The van der Waals surface area contributed by atoms with E-state index in [1.165, 1.54) is 57.9 Å². The lowest BCUT2D eigenvalue weighted by Crippen LogP contribution is -2.07. The molecule has 0 saturated carbocycles. The molecular formula is C25H21Cl. The second kappa shape index (κ2) is 6.14. The first-order valence-electron chi connectivity index (χ1n) is 9.42. The van der Waals surface area contributed by atoms with Gasteiger partial charge >= 0.3 is 0 Å². The van der Waals surface area contributed by atoms with E-state index >= 15 is 0 Å². The molecule has 0 aromatic heterocycles. The smallest absolute Gasteiger partial charge is 0.0484 e. The van der Waals surface area contributed by atoms with E-state index in [1.54, 1.807) is 5.57 Å². The van der Waals surface area contributed by atoms with Gasteiger partial charge in [0.05, 0.1) is 0 Å². The maximum absolute atomic E-state index is 6.58. The molecule has 5 rings (SSSR count). The molecule has 2 aliphatic rings. The zero-order chi connectivity index (χ0) is 17.7. The lowest BCUT2D eigenvalue weighted by atomic mass is 9.78. The van der Waals surface area contributed by atoms with Crippen molar-refractivity contribution in [3.63, 3.8) is 0 Å². The van der Waals surface area contributed by atoms with Gasteiger partial charge in [-0.2, -0.15) is 0 Å². The molecule has 0 spiro atoms. The predicted octanol–water partition coefficient (Wildman–Crippen LogP) is 7.52. The molecule has 0 amide bonds. The monoisotopic (exact) mass is 356 g/mol. The van der Waals surface area contributed by atoms with Crippen molar-refractivity contribution in [2.45, 2.75) is 32.6 Å². The highest BCUT2D eigenvalue weighted by Gasteiger charge is 2.22. The van der Waals surface area contributed by atoms with Gasteiger partial charge in [-0.05, 0) is 77.3 Å². The van der Waals surface area contributed by atoms with E-state index in [9.17, 15) is 0 Å². The van der Waals surface area contributed by atoms with Crippen molar-refractivity contribution >= 4 is 27.9 Å². The third kappa shape index (κ3) is 2.44. The highest BCUT2D eigenvalue weighted by Crippen LogP contribution is 2.43. The summed E-state index contributed by atoms with van der Waals surface area (Å²) in [5, 5.41) is 3.53. The summed E-state index contributed by atoms with van der Waals surface area (Å²) in [6, 6.07) is 17.4. The largest absolute Gasteiger partial charge is 0.0837 e. The van der Waals surface area contributed by atoms with E-state index in [1.807, 2.05) is 12.1 Å². The first-order chi connectivity index (χ1) is 12.7. The van der Waals surface area contributed by atoms with Crippen LogP contribution in [0.25, 0.3) is 27.5 Å². The van der Waals surface area contributed by atoms with Gasteiger partial charge in [0.25, 0.3) is 0 Å². The van der Waals surface area contributed by atoms with Gasteiger partial charge < -0.3 is 0 Å². The van der Waals surface area contributed by atoms with Gasteiger partial charge in [0, 0.05) is 10.6 Å². The Kier molecular flexibility index (Phi) is 3.76. The second-order valence-electron chi connectivity index (χ2n) is 7.44. The molecule has 0 unspecified atom stereocenters. The lowest BCUT2D eigenvalue weighted by Gasteiger charge is -2.26. The van der Waals surface area contributed by atoms with Gasteiger partial charge in [0.15, 0.2) is 0 Å². The van der Waals surface area contributed by atoms with Crippen molar-refractivity contribution in [1.82, 2.24) is 0 Å². The van der Waals surface area contributed by atoms with Crippen LogP contribution in [0.5, 0.6) is 0 Å². The number of benzene rings is 3. The molecule has 128 valence electrons. The van der Waals surface area contributed by atoms with Gasteiger partial charge in [-0.3, -0.25) is 0 Å². The molecule has 2 aliphatic carbocycles. The van der Waals surface area contributed by atoms with Crippen LogP contribution in [0.15, 0.2) is 66.3 Å². The Morgan fingerprint density at radius 1 is 0.846 bits per heavy atom. The van der Waals surface area contributed by atoms with Crippen LogP contribution in [0.2, 0.25) is 5.02 Å². The summed E-state index contributed by atoms with van der Waals surface area (Å²) in [5.41, 5.74) is 9.69. The van der Waals surface area contributed by atoms with Crippen LogP contribution in [0.3, 0.4) is 0 Å². The van der Waals surface area contributed by atoms with Gasteiger partial charge in [0.1, 0.15) is 0 Å². The van der Waals surface area contributed by atoms with E-state index in [0.29, 0.717) is 0 Å². The maximum Gasteiger partial charge on any atom is 0.0484 e. The summed E-state index contributed by atoms with van der Waals surface area (Å²) in [5.74, 6) is 0. The molecule has 0 bridgehead atoms. The SMILES string of the molecule is Cc1cc(-c2ccccc2Cl)c2c3c(ccc2c1)C1=C(CCC=C1)CC3. The summed E-state index contributed by atoms with van der Waals surface area (Å²) in [6.07, 6.45) is 9.37. The fraction of sp³-hybridized carbons (Fsp3) is 0.200. The highest BCUT2D eigenvalue weighted by atomic mass is 35.5. The Labute approximate surface area is 159 Å². The number of aryl methyl sites for hydroxylation is 2. The Bertz CT molecular complexity index is 1100. The zero-order valence-electron chi connectivity index (χ0n) is 15.0. The molecular weight excluding hydrogens is 336 g/mol. The van der Waals surface area contributed by atoms with E-state index in [4.69, 9.17) is 11.6 Å². The standard InChI is InChI=1S/C25H21Cl/c1-16-14-18-11-12-20-19-7-3-2-6-17(19)10-13-22(20)25(18)23(15-16)21-8-4-5-9-24(21)26/h3-5,7-9,11-12,14-15H,2,6,10,13H2,1H3. The first kappa shape index (κ1) is 15.9. The van der Waals surface area contributed by atoms with Gasteiger partial charge in [-0.25, -0.2) is 0 Å². The number of hydrogen-bond acceptors (Lipinski definition) is 0. The first-order valence-corrected chi connectivity index (χ1v) is 9.80. The average Bonchev–Trinajstić information content (AvgIpc) is 2.67. The number of rotatable bonds is 1. The Balaban J connectivity index is 1.86. The molecule has 0 nitrogen and oxygen atoms in total. The van der Waals surface area contributed by atoms with Crippen molar-refractivity contribution in [2.75, 3.05) is 0 Å². The van der Waals surface area contributed by atoms with Crippen LogP contribution < -0.4 is 0 Å². The summed E-state index contributed by atoms with van der Waals surface area (Å²) >= 11 is 6.58. The maximum atomic E-state index is 6.58. The molecule has 26 heavy (non-hydrogen) atoms. The lowest BCUT2D eigenvalue weighted by molar-refractivity contribution is 0.831. The molecule has 3 aromatic carbocycles. The van der Waals surface area contributed by atoms with Crippen molar-refractivity contribution in [1.29, 1.82) is 0 Å². The quantitative estimate of drug-likeness (QED) is 0.423. The van der Waals surface area contributed by atoms with Crippen LogP contribution in [0.4, 0.5) is 0 Å². The van der Waals surface area contributed by atoms with Crippen molar-refractivity contribution in [3.8, 4) is 11.1 Å². The second-order valence-corrected chi connectivity index (χ2v) is 7.85. The van der Waals surface area contributed by atoms with E-state index in [-0.39, 0.29) is 0 Å². The minimum atomic E-state index is 0.824. The molecule has 0 heterocycles. The minimum Gasteiger partial charge on any atom is -0.0837 e. The topological polar surface area (TPSA) is 0 Å². The molecule has 1 heteroatoms. The van der Waals surface area contributed by atoms with E-state index in [0.717, 1.165) is 17.0 Å². The van der Waals surface area contributed by atoms with Crippen LogP contribution in [0.1, 0.15) is 36.0 Å². The Hall–Kier alpha value is -2.31. The zero-order valence-corrected chi connectivity index (χ0v) is 15.7. The van der Waals surface area contributed by atoms with Crippen molar-refractivity contribution in [3.05, 3.63) is 88.0 Å². The normalized spacial score (nSPS) is 15.9. The molecule has 0 atom stereocenters. The number of hydrogen-bond donors (Lipinski definition) is 0. The molecule has 0 aliphatic heterocycles. The number of allylic oxidation sites excluding steroid dienone is 4. The Morgan fingerprint density at radius 3 is 2.62 bits per heavy atom. The average molecular weight is 357 g/mol. The van der Waals surface area contributed by atoms with Gasteiger partial charge in [0.2, 0.25) is 0 Å².